The lowest BCUT2D eigenvalue weighted by molar-refractivity contribution is 0.168. The summed E-state index contributed by atoms with van der Waals surface area (Å²) in [6, 6.07) is 8.45. The number of carbonyl (C=O) groups is 1. The van der Waals surface area contributed by atoms with E-state index in [2.05, 4.69) is 44.2 Å². The van der Waals surface area contributed by atoms with Crippen molar-refractivity contribution < 1.29 is 14.6 Å². The zero-order valence-electron chi connectivity index (χ0n) is 20.7. The number of rotatable bonds is 11. The molecule has 0 saturated carbocycles. The van der Waals surface area contributed by atoms with Crippen LogP contribution < -0.4 is 21.5 Å². The number of benzene rings is 1. The van der Waals surface area contributed by atoms with E-state index in [0.29, 0.717) is 36.8 Å². The molecule has 0 bridgehead atoms. The molecule has 4 rings (SSSR count). The molecule has 11 heteroatoms. The van der Waals surface area contributed by atoms with Gasteiger partial charge in [-0.3, -0.25) is 9.47 Å². The highest BCUT2D eigenvalue weighted by Gasteiger charge is 2.19. The SMILES string of the molecule is CCCCOc1nc(N)c2[nH]c(=O)n(Cc3ccc(CN4CCC(CCNC(=O)O)CC4)cc3)c2n1. The summed E-state index contributed by atoms with van der Waals surface area (Å²) in [4.78, 5) is 37.0. The smallest absolute Gasteiger partial charge is 0.404 e. The number of amides is 1. The van der Waals surface area contributed by atoms with Crippen LogP contribution in [0.15, 0.2) is 29.1 Å². The van der Waals surface area contributed by atoms with Crippen molar-refractivity contribution in [1.82, 2.24) is 29.7 Å². The van der Waals surface area contributed by atoms with Crippen LogP contribution in [0.1, 0.15) is 50.2 Å². The van der Waals surface area contributed by atoms with Gasteiger partial charge in [-0.1, -0.05) is 37.6 Å². The fraction of sp³-hybridized carbons (Fsp3) is 0.520. The van der Waals surface area contributed by atoms with Gasteiger partial charge < -0.3 is 25.9 Å². The van der Waals surface area contributed by atoms with Crippen LogP contribution in [0.3, 0.4) is 0 Å². The van der Waals surface area contributed by atoms with E-state index in [1.54, 1.807) is 4.57 Å². The summed E-state index contributed by atoms with van der Waals surface area (Å²) in [5.74, 6) is 0.764. The molecule has 0 radical (unpaired) electrons. The monoisotopic (exact) mass is 497 g/mol. The molecule has 0 spiro atoms. The Kier molecular flexibility index (Phi) is 8.42. The number of piperidine rings is 1. The molecule has 1 saturated heterocycles. The summed E-state index contributed by atoms with van der Waals surface area (Å²) in [7, 11) is 0. The van der Waals surface area contributed by atoms with Gasteiger partial charge in [-0.25, -0.2) is 9.59 Å². The predicted octanol–water partition coefficient (Wildman–Crippen LogP) is 2.80. The van der Waals surface area contributed by atoms with Crippen LogP contribution in [-0.4, -0.2) is 61.9 Å². The fourth-order valence-corrected chi connectivity index (χ4v) is 4.56. The Morgan fingerprint density at radius 1 is 1.19 bits per heavy atom. The van der Waals surface area contributed by atoms with Crippen molar-refractivity contribution in [2.24, 2.45) is 5.92 Å². The quantitative estimate of drug-likeness (QED) is 0.295. The van der Waals surface area contributed by atoms with E-state index in [1.807, 2.05) is 12.1 Å². The van der Waals surface area contributed by atoms with E-state index >= 15 is 0 Å². The third-order valence-corrected chi connectivity index (χ3v) is 6.66. The molecule has 194 valence electrons. The molecule has 5 N–H and O–H groups in total. The number of nitrogens with zero attached hydrogens (tertiary/aromatic N) is 4. The maximum Gasteiger partial charge on any atom is 0.404 e. The number of unbranched alkanes of at least 4 members (excludes halogenated alkanes) is 1. The summed E-state index contributed by atoms with van der Waals surface area (Å²) in [5.41, 5.74) is 8.81. The molecule has 1 aromatic carbocycles. The second-order valence-electron chi connectivity index (χ2n) is 9.36. The van der Waals surface area contributed by atoms with Gasteiger partial charge in [0.25, 0.3) is 0 Å². The van der Waals surface area contributed by atoms with Crippen LogP contribution in [0.25, 0.3) is 11.2 Å². The Morgan fingerprint density at radius 3 is 2.56 bits per heavy atom. The van der Waals surface area contributed by atoms with Crippen LogP contribution in [-0.2, 0) is 13.1 Å². The number of ether oxygens (including phenoxy) is 1. The van der Waals surface area contributed by atoms with Crippen LogP contribution >= 0.6 is 0 Å². The van der Waals surface area contributed by atoms with Gasteiger partial charge >= 0.3 is 17.8 Å². The van der Waals surface area contributed by atoms with E-state index in [0.717, 1.165) is 57.3 Å². The maximum atomic E-state index is 12.6. The lowest BCUT2D eigenvalue weighted by Gasteiger charge is -2.32. The molecule has 1 fully saturated rings. The van der Waals surface area contributed by atoms with Gasteiger partial charge in [0.05, 0.1) is 13.2 Å². The first kappa shape index (κ1) is 25.5. The summed E-state index contributed by atoms with van der Waals surface area (Å²) >= 11 is 0. The van der Waals surface area contributed by atoms with Crippen LogP contribution in [0.4, 0.5) is 10.6 Å². The number of imidazole rings is 1. The first-order chi connectivity index (χ1) is 17.4. The topological polar surface area (TPSA) is 151 Å². The van der Waals surface area contributed by atoms with Crippen molar-refractivity contribution in [2.75, 3.05) is 32.0 Å². The number of fused-ring (bicyclic) bond motifs is 1. The number of likely N-dealkylation sites (tertiary alicyclic amines) is 1. The number of hydrogen-bond acceptors (Lipinski definition) is 7. The molecule has 11 nitrogen and oxygen atoms in total. The lowest BCUT2D eigenvalue weighted by Crippen LogP contribution is -2.34. The molecule has 36 heavy (non-hydrogen) atoms. The van der Waals surface area contributed by atoms with E-state index < -0.39 is 6.09 Å². The van der Waals surface area contributed by atoms with E-state index in [-0.39, 0.29) is 17.5 Å². The standard InChI is InChI=1S/C25H35N7O4/c1-2-3-14-36-23-29-21(26)20-22(30-23)32(24(33)28-20)16-19-6-4-18(5-7-19)15-31-12-9-17(10-13-31)8-11-27-25(34)35/h4-7,17,27H,2-3,8-16H2,1H3,(H,28,33)(H,34,35)(H2,26,29,30). The van der Waals surface area contributed by atoms with Crippen molar-refractivity contribution in [1.29, 1.82) is 0 Å². The average Bonchev–Trinajstić information content (AvgIpc) is 3.17. The zero-order chi connectivity index (χ0) is 25.5. The highest BCUT2D eigenvalue weighted by atomic mass is 16.5. The molecule has 1 amide bonds. The first-order valence-corrected chi connectivity index (χ1v) is 12.6. The predicted molar refractivity (Wildman–Crippen MR) is 137 cm³/mol. The number of nitrogens with one attached hydrogen (secondary N) is 2. The van der Waals surface area contributed by atoms with Gasteiger partial charge in [-0.15, -0.1) is 0 Å². The molecule has 1 aliphatic rings. The summed E-state index contributed by atoms with van der Waals surface area (Å²) in [6.07, 6.45) is 3.98. The van der Waals surface area contributed by atoms with E-state index in [4.69, 9.17) is 15.6 Å². The van der Waals surface area contributed by atoms with Gasteiger partial charge in [-0.2, -0.15) is 9.97 Å². The summed E-state index contributed by atoms with van der Waals surface area (Å²) in [6.45, 7) is 6.34. The minimum atomic E-state index is -0.955. The molecule has 3 heterocycles. The first-order valence-electron chi connectivity index (χ1n) is 12.6. The van der Waals surface area contributed by atoms with Gasteiger partial charge in [0.1, 0.15) is 5.52 Å². The second kappa shape index (κ2) is 11.9. The average molecular weight is 498 g/mol. The Hall–Kier alpha value is -3.60. The van der Waals surface area contributed by atoms with Crippen molar-refractivity contribution in [3.63, 3.8) is 0 Å². The Morgan fingerprint density at radius 2 is 1.89 bits per heavy atom. The minimum Gasteiger partial charge on any atom is -0.465 e. The number of H-pyrrole nitrogens is 1. The Balaban J connectivity index is 1.35. The van der Waals surface area contributed by atoms with Gasteiger partial charge in [-0.05, 0) is 55.8 Å². The number of hydrogen-bond donors (Lipinski definition) is 4. The molecule has 0 unspecified atom stereocenters. The molecule has 0 aliphatic carbocycles. The molecular weight excluding hydrogens is 462 g/mol. The van der Waals surface area contributed by atoms with Gasteiger partial charge in [0.15, 0.2) is 11.5 Å². The highest BCUT2D eigenvalue weighted by molar-refractivity contribution is 5.81. The third kappa shape index (κ3) is 6.54. The maximum absolute atomic E-state index is 12.6. The second-order valence-corrected chi connectivity index (χ2v) is 9.36. The summed E-state index contributed by atoms with van der Waals surface area (Å²) in [5, 5.41) is 11.2. The number of aromatic nitrogens is 4. The number of nitrogens with two attached hydrogens (primary N) is 1. The third-order valence-electron chi connectivity index (χ3n) is 6.66. The number of carboxylic acid groups (broad SMARTS) is 1. The molecule has 3 aromatic rings. The van der Waals surface area contributed by atoms with E-state index in [1.165, 1.54) is 5.56 Å². The highest BCUT2D eigenvalue weighted by Crippen LogP contribution is 2.22. The molecule has 0 atom stereocenters. The minimum absolute atomic E-state index is 0.179. The van der Waals surface area contributed by atoms with Crippen molar-refractivity contribution in [3.8, 4) is 6.01 Å². The van der Waals surface area contributed by atoms with E-state index in [9.17, 15) is 9.59 Å². The van der Waals surface area contributed by atoms with Crippen LogP contribution in [0.2, 0.25) is 0 Å². The molecule has 2 aromatic heterocycles. The Labute approximate surface area is 209 Å². The zero-order valence-corrected chi connectivity index (χ0v) is 20.7. The van der Waals surface area contributed by atoms with Gasteiger partial charge in [0, 0.05) is 13.1 Å². The Bertz CT molecular complexity index is 1210. The van der Waals surface area contributed by atoms with Crippen molar-refractivity contribution >= 4 is 23.1 Å². The lowest BCUT2D eigenvalue weighted by atomic mass is 9.93. The number of aromatic amines is 1. The fourth-order valence-electron chi connectivity index (χ4n) is 4.56. The summed E-state index contributed by atoms with van der Waals surface area (Å²) < 4.78 is 7.16. The van der Waals surface area contributed by atoms with Crippen LogP contribution in [0, 0.1) is 5.92 Å². The van der Waals surface area contributed by atoms with Crippen molar-refractivity contribution in [2.45, 2.75) is 52.1 Å². The number of nitrogen functional groups attached to an aromatic ring is 1. The van der Waals surface area contributed by atoms with Crippen molar-refractivity contribution in [3.05, 3.63) is 45.9 Å². The van der Waals surface area contributed by atoms with Crippen LogP contribution in [0.5, 0.6) is 6.01 Å². The molecule has 1 aliphatic heterocycles. The number of anilines is 1. The largest absolute Gasteiger partial charge is 0.465 e. The molecular formula is C25H35N7O4. The normalized spacial score (nSPS) is 14.8. The van der Waals surface area contributed by atoms with Gasteiger partial charge in [0.2, 0.25) is 0 Å².